The standard InChI is InChI=1S/C20H22N4/c1-4-12-24(13-5-1)15-16-8-10-17(11-9-16)22-20-14-21-18-6-2-3-7-19(18)23-20/h2-3,6-11,14H,1,4-5,12-13,15H2,(H,22,23). The van der Waals surface area contributed by atoms with E-state index in [9.17, 15) is 0 Å². The molecule has 4 heteroatoms. The molecule has 3 aromatic rings. The molecule has 4 rings (SSSR count). The molecule has 0 saturated carbocycles. The van der Waals surface area contributed by atoms with Crippen LogP contribution in [0.4, 0.5) is 11.5 Å². The van der Waals surface area contributed by atoms with Crippen LogP contribution in [0.1, 0.15) is 24.8 Å². The van der Waals surface area contributed by atoms with Crippen molar-refractivity contribution in [2.75, 3.05) is 18.4 Å². The van der Waals surface area contributed by atoms with Crippen molar-refractivity contribution >= 4 is 22.5 Å². The maximum absolute atomic E-state index is 4.60. The van der Waals surface area contributed by atoms with E-state index in [1.807, 2.05) is 24.3 Å². The van der Waals surface area contributed by atoms with E-state index in [0.29, 0.717) is 0 Å². The lowest BCUT2D eigenvalue weighted by Gasteiger charge is -2.26. The van der Waals surface area contributed by atoms with Crippen LogP contribution in [0, 0.1) is 0 Å². The van der Waals surface area contributed by atoms with E-state index in [-0.39, 0.29) is 0 Å². The molecule has 0 unspecified atom stereocenters. The molecule has 2 aromatic carbocycles. The highest BCUT2D eigenvalue weighted by atomic mass is 15.1. The number of nitrogens with one attached hydrogen (secondary N) is 1. The molecular formula is C20H22N4. The number of aromatic nitrogens is 2. The number of likely N-dealkylation sites (tertiary alicyclic amines) is 1. The lowest BCUT2D eigenvalue weighted by molar-refractivity contribution is 0.221. The molecule has 1 saturated heterocycles. The van der Waals surface area contributed by atoms with Gasteiger partial charge in [0.1, 0.15) is 5.82 Å². The lowest BCUT2D eigenvalue weighted by Crippen LogP contribution is -2.29. The molecule has 122 valence electrons. The molecule has 0 atom stereocenters. The number of para-hydroxylation sites is 2. The predicted octanol–water partition coefficient (Wildman–Crippen LogP) is 4.36. The highest BCUT2D eigenvalue weighted by Crippen LogP contribution is 2.19. The molecule has 4 nitrogen and oxygen atoms in total. The smallest absolute Gasteiger partial charge is 0.149 e. The third-order valence-corrected chi connectivity index (χ3v) is 4.53. The number of fused-ring (bicyclic) bond motifs is 1. The second kappa shape index (κ2) is 6.97. The van der Waals surface area contributed by atoms with Gasteiger partial charge in [0.25, 0.3) is 0 Å². The topological polar surface area (TPSA) is 41.1 Å². The van der Waals surface area contributed by atoms with Crippen molar-refractivity contribution in [3.05, 3.63) is 60.3 Å². The molecule has 0 spiro atoms. The maximum atomic E-state index is 4.60. The first kappa shape index (κ1) is 15.1. The molecule has 1 aliphatic rings. The van der Waals surface area contributed by atoms with Crippen molar-refractivity contribution in [1.82, 2.24) is 14.9 Å². The highest BCUT2D eigenvalue weighted by molar-refractivity contribution is 5.76. The van der Waals surface area contributed by atoms with Gasteiger partial charge in [0, 0.05) is 12.2 Å². The maximum Gasteiger partial charge on any atom is 0.149 e. The normalized spacial score (nSPS) is 15.5. The molecule has 1 fully saturated rings. The van der Waals surface area contributed by atoms with Crippen LogP contribution < -0.4 is 5.32 Å². The van der Waals surface area contributed by atoms with Crippen molar-refractivity contribution in [1.29, 1.82) is 0 Å². The summed E-state index contributed by atoms with van der Waals surface area (Å²) in [6, 6.07) is 16.6. The Labute approximate surface area is 142 Å². The van der Waals surface area contributed by atoms with Gasteiger partial charge in [-0.3, -0.25) is 9.88 Å². The van der Waals surface area contributed by atoms with Crippen molar-refractivity contribution < 1.29 is 0 Å². The summed E-state index contributed by atoms with van der Waals surface area (Å²) in [5.74, 6) is 0.775. The van der Waals surface area contributed by atoms with Gasteiger partial charge in [-0.05, 0) is 55.8 Å². The highest BCUT2D eigenvalue weighted by Gasteiger charge is 2.10. The Hall–Kier alpha value is -2.46. The Morgan fingerprint density at radius 3 is 2.42 bits per heavy atom. The van der Waals surface area contributed by atoms with Gasteiger partial charge in [0.15, 0.2) is 0 Å². The van der Waals surface area contributed by atoms with E-state index in [4.69, 9.17) is 0 Å². The Morgan fingerprint density at radius 2 is 1.62 bits per heavy atom. The van der Waals surface area contributed by atoms with Gasteiger partial charge in [-0.1, -0.05) is 30.7 Å². The van der Waals surface area contributed by atoms with Crippen molar-refractivity contribution in [3.8, 4) is 0 Å². The second-order valence-corrected chi connectivity index (χ2v) is 6.40. The molecule has 1 N–H and O–H groups in total. The fourth-order valence-electron chi connectivity index (χ4n) is 3.23. The molecule has 24 heavy (non-hydrogen) atoms. The Balaban J connectivity index is 1.44. The summed E-state index contributed by atoms with van der Waals surface area (Å²) in [7, 11) is 0. The zero-order chi connectivity index (χ0) is 16.2. The van der Waals surface area contributed by atoms with Crippen LogP contribution in [0.15, 0.2) is 54.7 Å². The number of piperidine rings is 1. The zero-order valence-electron chi connectivity index (χ0n) is 13.8. The van der Waals surface area contributed by atoms with E-state index in [1.165, 1.54) is 37.9 Å². The van der Waals surface area contributed by atoms with Crippen LogP contribution in [0.5, 0.6) is 0 Å². The van der Waals surface area contributed by atoms with Crippen molar-refractivity contribution in [2.24, 2.45) is 0 Å². The average Bonchev–Trinajstić information content (AvgIpc) is 2.64. The van der Waals surface area contributed by atoms with Gasteiger partial charge >= 0.3 is 0 Å². The monoisotopic (exact) mass is 318 g/mol. The van der Waals surface area contributed by atoms with Crippen molar-refractivity contribution in [3.63, 3.8) is 0 Å². The molecule has 0 radical (unpaired) electrons. The number of nitrogens with zero attached hydrogens (tertiary/aromatic N) is 3. The van der Waals surface area contributed by atoms with Crippen LogP contribution in [-0.2, 0) is 6.54 Å². The number of hydrogen-bond donors (Lipinski definition) is 1. The third kappa shape index (κ3) is 3.54. The fraction of sp³-hybridized carbons (Fsp3) is 0.300. The predicted molar refractivity (Wildman–Crippen MR) is 98.4 cm³/mol. The second-order valence-electron chi connectivity index (χ2n) is 6.40. The summed E-state index contributed by atoms with van der Waals surface area (Å²) in [4.78, 5) is 11.6. The van der Waals surface area contributed by atoms with Crippen LogP contribution in [-0.4, -0.2) is 28.0 Å². The van der Waals surface area contributed by atoms with Gasteiger partial charge in [-0.2, -0.15) is 0 Å². The van der Waals surface area contributed by atoms with Crippen molar-refractivity contribution in [2.45, 2.75) is 25.8 Å². The minimum absolute atomic E-state index is 0.775. The van der Waals surface area contributed by atoms with E-state index in [0.717, 1.165) is 29.1 Å². The van der Waals surface area contributed by atoms with E-state index in [2.05, 4.69) is 44.5 Å². The largest absolute Gasteiger partial charge is 0.339 e. The Morgan fingerprint density at radius 1 is 0.875 bits per heavy atom. The lowest BCUT2D eigenvalue weighted by atomic mass is 10.1. The molecule has 1 aliphatic heterocycles. The summed E-state index contributed by atoms with van der Waals surface area (Å²) in [6.07, 6.45) is 5.83. The summed E-state index contributed by atoms with van der Waals surface area (Å²) in [6.45, 7) is 3.51. The van der Waals surface area contributed by atoms with E-state index in [1.54, 1.807) is 6.20 Å². The first-order valence-electron chi connectivity index (χ1n) is 8.67. The minimum atomic E-state index is 0.775. The molecule has 0 bridgehead atoms. The molecule has 0 amide bonds. The average molecular weight is 318 g/mol. The van der Waals surface area contributed by atoms with Gasteiger partial charge in [-0.25, -0.2) is 4.98 Å². The van der Waals surface area contributed by atoms with Gasteiger partial charge in [-0.15, -0.1) is 0 Å². The molecule has 2 heterocycles. The fourth-order valence-corrected chi connectivity index (χ4v) is 3.23. The minimum Gasteiger partial charge on any atom is -0.339 e. The van der Waals surface area contributed by atoms with Gasteiger partial charge < -0.3 is 5.32 Å². The van der Waals surface area contributed by atoms with Crippen LogP contribution >= 0.6 is 0 Å². The number of benzene rings is 2. The van der Waals surface area contributed by atoms with Gasteiger partial charge in [0.05, 0.1) is 17.2 Å². The summed E-state index contributed by atoms with van der Waals surface area (Å²) >= 11 is 0. The van der Waals surface area contributed by atoms with Crippen LogP contribution in [0.2, 0.25) is 0 Å². The third-order valence-electron chi connectivity index (χ3n) is 4.53. The SMILES string of the molecule is c1ccc2nc(Nc3ccc(CN4CCCCC4)cc3)cnc2c1. The van der Waals surface area contributed by atoms with Crippen LogP contribution in [0.25, 0.3) is 11.0 Å². The number of rotatable bonds is 4. The van der Waals surface area contributed by atoms with E-state index >= 15 is 0 Å². The Kier molecular flexibility index (Phi) is 4.38. The number of hydrogen-bond acceptors (Lipinski definition) is 4. The quantitative estimate of drug-likeness (QED) is 0.776. The molecule has 1 aromatic heterocycles. The molecular weight excluding hydrogens is 296 g/mol. The summed E-state index contributed by atoms with van der Waals surface area (Å²) < 4.78 is 0. The zero-order valence-corrected chi connectivity index (χ0v) is 13.8. The number of anilines is 2. The summed E-state index contributed by atoms with van der Waals surface area (Å²) in [5, 5.41) is 3.34. The molecule has 0 aliphatic carbocycles. The van der Waals surface area contributed by atoms with E-state index < -0.39 is 0 Å². The summed E-state index contributed by atoms with van der Waals surface area (Å²) in [5.41, 5.74) is 4.23. The van der Waals surface area contributed by atoms with Gasteiger partial charge in [0.2, 0.25) is 0 Å². The first-order chi connectivity index (χ1) is 11.9. The van der Waals surface area contributed by atoms with Crippen LogP contribution in [0.3, 0.4) is 0 Å². The Bertz CT molecular complexity index is 807. The first-order valence-corrected chi connectivity index (χ1v) is 8.67.